The number of hydrogen-bond acceptors (Lipinski definition) is 1. The highest BCUT2D eigenvalue weighted by Gasteiger charge is 2.20. The van der Waals surface area contributed by atoms with Gasteiger partial charge in [0.25, 0.3) is 0 Å². The number of alkyl halides is 1. The Balaban J connectivity index is 1.98. The molecule has 1 saturated heterocycles. The van der Waals surface area contributed by atoms with E-state index >= 15 is 0 Å². The van der Waals surface area contributed by atoms with Crippen molar-refractivity contribution in [2.45, 2.75) is 25.8 Å². The highest BCUT2D eigenvalue weighted by atomic mass is 35.5. The summed E-state index contributed by atoms with van der Waals surface area (Å²) >= 11 is 11.7. The summed E-state index contributed by atoms with van der Waals surface area (Å²) in [7, 11) is 0. The molecule has 1 nitrogen and oxygen atoms in total. The molecule has 1 aromatic carbocycles. The van der Waals surface area contributed by atoms with Crippen molar-refractivity contribution in [1.82, 2.24) is 4.90 Å². The summed E-state index contributed by atoms with van der Waals surface area (Å²) in [6.07, 6.45) is 3.46. The largest absolute Gasteiger partial charge is 0.299 e. The minimum Gasteiger partial charge on any atom is -0.299 e. The van der Waals surface area contributed by atoms with Crippen LogP contribution in [0, 0.1) is 11.7 Å². The Hall–Kier alpha value is -0.310. The van der Waals surface area contributed by atoms with Crippen LogP contribution in [0.2, 0.25) is 5.02 Å². The quantitative estimate of drug-likeness (QED) is 0.746. The van der Waals surface area contributed by atoms with E-state index in [4.69, 9.17) is 23.2 Å². The minimum absolute atomic E-state index is 0.168. The summed E-state index contributed by atoms with van der Waals surface area (Å²) in [6, 6.07) is 4.76. The summed E-state index contributed by atoms with van der Waals surface area (Å²) in [5, 5.41) is 0.598. The molecule has 0 spiro atoms. The zero-order chi connectivity index (χ0) is 13.0. The molecule has 0 aromatic heterocycles. The highest BCUT2D eigenvalue weighted by molar-refractivity contribution is 6.30. The van der Waals surface area contributed by atoms with Gasteiger partial charge < -0.3 is 0 Å². The normalized spacial score (nSPS) is 21.2. The maximum absolute atomic E-state index is 13.7. The van der Waals surface area contributed by atoms with Gasteiger partial charge >= 0.3 is 0 Å². The summed E-state index contributed by atoms with van der Waals surface area (Å²) < 4.78 is 13.7. The number of piperidine rings is 1. The Kier molecular flexibility index (Phi) is 5.28. The van der Waals surface area contributed by atoms with E-state index in [1.165, 1.54) is 18.9 Å². The van der Waals surface area contributed by atoms with Gasteiger partial charge in [0.2, 0.25) is 0 Å². The first-order chi connectivity index (χ1) is 8.69. The molecule has 1 aliphatic rings. The first-order valence-electron chi connectivity index (χ1n) is 6.41. The molecule has 0 aliphatic carbocycles. The Labute approximate surface area is 118 Å². The van der Waals surface area contributed by atoms with Crippen LogP contribution in [-0.4, -0.2) is 23.9 Å². The monoisotopic (exact) mass is 289 g/mol. The molecule has 1 aromatic rings. The van der Waals surface area contributed by atoms with E-state index in [-0.39, 0.29) is 5.82 Å². The van der Waals surface area contributed by atoms with Crippen LogP contribution in [0.15, 0.2) is 18.2 Å². The minimum atomic E-state index is -0.168. The molecule has 4 heteroatoms. The predicted molar refractivity (Wildman–Crippen MR) is 74.7 cm³/mol. The Bertz CT molecular complexity index is 395. The van der Waals surface area contributed by atoms with Crippen LogP contribution in [-0.2, 0) is 6.54 Å². The fourth-order valence-corrected chi connectivity index (χ4v) is 3.09. The van der Waals surface area contributed by atoms with E-state index in [2.05, 4.69) is 4.90 Å². The molecule has 100 valence electrons. The molecule has 1 fully saturated rings. The van der Waals surface area contributed by atoms with Crippen molar-refractivity contribution in [3.05, 3.63) is 34.6 Å². The molecule has 1 heterocycles. The number of rotatable bonds is 4. The van der Waals surface area contributed by atoms with Crippen molar-refractivity contribution < 1.29 is 4.39 Å². The number of halogens is 3. The lowest BCUT2D eigenvalue weighted by molar-refractivity contribution is 0.163. The van der Waals surface area contributed by atoms with E-state index in [9.17, 15) is 4.39 Å². The lowest BCUT2D eigenvalue weighted by atomic mass is 9.95. The second kappa shape index (κ2) is 6.74. The van der Waals surface area contributed by atoms with Crippen LogP contribution in [0.3, 0.4) is 0 Å². The third kappa shape index (κ3) is 3.84. The van der Waals surface area contributed by atoms with Crippen molar-refractivity contribution in [2.75, 3.05) is 19.0 Å². The molecule has 0 amide bonds. The van der Waals surface area contributed by atoms with Gasteiger partial charge in [-0.05, 0) is 49.9 Å². The molecule has 1 unspecified atom stereocenters. The zero-order valence-corrected chi connectivity index (χ0v) is 11.9. The average molecular weight is 290 g/mol. The molecule has 1 aliphatic heterocycles. The van der Waals surface area contributed by atoms with Crippen molar-refractivity contribution in [2.24, 2.45) is 5.92 Å². The van der Waals surface area contributed by atoms with E-state index < -0.39 is 0 Å². The fourth-order valence-electron chi connectivity index (χ4n) is 2.59. The standard InChI is InChI=1S/C14H18Cl2FN/c15-6-5-11-2-1-7-18(9-11)10-12-8-13(16)3-4-14(12)17/h3-4,8,11H,1-2,5-7,9-10H2. The Morgan fingerprint density at radius 2 is 2.22 bits per heavy atom. The molecule has 0 bridgehead atoms. The Morgan fingerprint density at radius 3 is 3.00 bits per heavy atom. The summed E-state index contributed by atoms with van der Waals surface area (Å²) in [5.41, 5.74) is 0.689. The molecule has 2 rings (SSSR count). The third-order valence-corrected chi connectivity index (χ3v) is 3.98. The van der Waals surface area contributed by atoms with E-state index in [0.29, 0.717) is 28.9 Å². The molecule has 0 radical (unpaired) electrons. The maximum Gasteiger partial charge on any atom is 0.127 e. The number of hydrogen-bond donors (Lipinski definition) is 0. The first-order valence-corrected chi connectivity index (χ1v) is 7.32. The lowest BCUT2D eigenvalue weighted by Gasteiger charge is -2.32. The number of benzene rings is 1. The number of nitrogens with zero attached hydrogens (tertiary/aromatic N) is 1. The number of likely N-dealkylation sites (tertiary alicyclic amines) is 1. The van der Waals surface area contributed by atoms with Gasteiger partial charge in [0.05, 0.1) is 0 Å². The van der Waals surface area contributed by atoms with Gasteiger partial charge in [0.1, 0.15) is 5.82 Å². The van der Waals surface area contributed by atoms with E-state index in [1.807, 2.05) is 0 Å². The SMILES string of the molecule is Fc1ccc(Cl)cc1CN1CCCC(CCCl)C1. The van der Waals surface area contributed by atoms with Crippen LogP contribution in [0.1, 0.15) is 24.8 Å². The fraction of sp³-hybridized carbons (Fsp3) is 0.571. The van der Waals surface area contributed by atoms with Crippen LogP contribution in [0.25, 0.3) is 0 Å². The zero-order valence-electron chi connectivity index (χ0n) is 10.3. The van der Waals surface area contributed by atoms with Gasteiger partial charge in [-0.25, -0.2) is 4.39 Å². The van der Waals surface area contributed by atoms with Crippen molar-refractivity contribution in [3.63, 3.8) is 0 Å². The molecule has 1 atom stereocenters. The predicted octanol–water partition coefficient (Wildman–Crippen LogP) is 4.32. The molecule has 18 heavy (non-hydrogen) atoms. The van der Waals surface area contributed by atoms with Gasteiger partial charge in [0, 0.05) is 29.6 Å². The molecule has 0 saturated carbocycles. The average Bonchev–Trinajstić information content (AvgIpc) is 2.35. The molecule has 0 N–H and O–H groups in total. The topological polar surface area (TPSA) is 3.24 Å². The Morgan fingerprint density at radius 1 is 1.39 bits per heavy atom. The van der Waals surface area contributed by atoms with Gasteiger partial charge in [-0.15, -0.1) is 11.6 Å². The maximum atomic E-state index is 13.7. The van der Waals surface area contributed by atoms with Crippen molar-refractivity contribution in [3.8, 4) is 0 Å². The van der Waals surface area contributed by atoms with Gasteiger partial charge in [-0.1, -0.05) is 11.6 Å². The molecular formula is C14H18Cl2FN. The second-order valence-electron chi connectivity index (χ2n) is 4.96. The van der Waals surface area contributed by atoms with Crippen LogP contribution in [0.5, 0.6) is 0 Å². The van der Waals surface area contributed by atoms with Crippen molar-refractivity contribution in [1.29, 1.82) is 0 Å². The second-order valence-corrected chi connectivity index (χ2v) is 5.77. The van der Waals surface area contributed by atoms with Crippen molar-refractivity contribution >= 4 is 23.2 Å². The van der Waals surface area contributed by atoms with E-state index in [1.54, 1.807) is 12.1 Å². The van der Waals surface area contributed by atoms with Crippen LogP contribution in [0.4, 0.5) is 4.39 Å². The smallest absolute Gasteiger partial charge is 0.127 e. The van der Waals surface area contributed by atoms with Gasteiger partial charge in [0.15, 0.2) is 0 Å². The van der Waals surface area contributed by atoms with Crippen LogP contribution >= 0.6 is 23.2 Å². The van der Waals surface area contributed by atoms with Crippen LogP contribution < -0.4 is 0 Å². The summed E-state index contributed by atoms with van der Waals surface area (Å²) in [6.45, 7) is 2.69. The highest BCUT2D eigenvalue weighted by Crippen LogP contribution is 2.23. The summed E-state index contributed by atoms with van der Waals surface area (Å²) in [4.78, 5) is 2.30. The first kappa shape index (κ1) is 14.1. The van der Waals surface area contributed by atoms with E-state index in [0.717, 1.165) is 19.5 Å². The lowest BCUT2D eigenvalue weighted by Crippen LogP contribution is -2.35. The van der Waals surface area contributed by atoms with Gasteiger partial charge in [-0.2, -0.15) is 0 Å². The summed E-state index contributed by atoms with van der Waals surface area (Å²) in [5.74, 6) is 1.20. The molecular weight excluding hydrogens is 272 g/mol. The third-order valence-electron chi connectivity index (χ3n) is 3.52. The van der Waals surface area contributed by atoms with Gasteiger partial charge in [-0.3, -0.25) is 4.90 Å².